The molecular weight excluding hydrogens is 392 g/mol. The van der Waals surface area contributed by atoms with Crippen LogP contribution in [0.1, 0.15) is 20.8 Å². The maximum absolute atomic E-state index is 12.0. The summed E-state index contributed by atoms with van der Waals surface area (Å²) in [5.74, 6) is -2.17. The average molecular weight is 414 g/mol. The van der Waals surface area contributed by atoms with Gasteiger partial charge in [0, 0.05) is 25.7 Å². The molecular formula is C16H22N4O9. The zero-order valence-electron chi connectivity index (χ0n) is 16.1. The second-order valence-electron chi connectivity index (χ2n) is 5.78. The van der Waals surface area contributed by atoms with E-state index in [2.05, 4.69) is 21.9 Å². The lowest BCUT2D eigenvalue weighted by atomic mass is 9.95. The third kappa shape index (κ3) is 7.68. The Labute approximate surface area is 165 Å². The Hall–Kier alpha value is -3.31. The third-order valence-corrected chi connectivity index (χ3v) is 3.50. The van der Waals surface area contributed by atoms with Gasteiger partial charge in [-0.2, -0.15) is 0 Å². The molecule has 0 aromatic carbocycles. The highest BCUT2D eigenvalue weighted by Gasteiger charge is 2.50. The lowest BCUT2D eigenvalue weighted by Crippen LogP contribution is -2.65. The lowest BCUT2D eigenvalue weighted by Gasteiger charge is -2.43. The van der Waals surface area contributed by atoms with Crippen LogP contribution in [0.3, 0.4) is 0 Å². The number of carbonyl (C=O) groups is 4. The quantitative estimate of drug-likeness (QED) is 0.150. The van der Waals surface area contributed by atoms with Gasteiger partial charge in [0.25, 0.3) is 0 Å². The van der Waals surface area contributed by atoms with Gasteiger partial charge >= 0.3 is 24.0 Å². The number of hydrogen-bond donors (Lipinski definition) is 1. The maximum atomic E-state index is 12.0. The number of azide groups is 1. The van der Waals surface area contributed by atoms with Crippen LogP contribution in [0.5, 0.6) is 0 Å². The molecule has 1 N–H and O–H groups in total. The summed E-state index contributed by atoms with van der Waals surface area (Å²) in [7, 11) is 0. The molecule has 1 saturated heterocycles. The van der Waals surface area contributed by atoms with Gasteiger partial charge < -0.3 is 29.0 Å². The molecule has 1 amide bonds. The van der Waals surface area contributed by atoms with Gasteiger partial charge in [-0.25, -0.2) is 4.79 Å². The molecule has 0 bridgehead atoms. The molecule has 0 unspecified atom stereocenters. The van der Waals surface area contributed by atoms with Crippen molar-refractivity contribution in [2.45, 2.75) is 51.4 Å². The zero-order chi connectivity index (χ0) is 22.0. The van der Waals surface area contributed by atoms with Crippen molar-refractivity contribution in [2.75, 3.05) is 13.2 Å². The van der Waals surface area contributed by atoms with Crippen molar-refractivity contribution in [3.05, 3.63) is 23.1 Å². The standard InChI is InChI=1S/C16H22N4O9/c1-5-6-25-16(24)18-12-14(28-10(4)23)13(27-9(3)22)11(7-26-8(2)21)29-15(12)19-20-17/h5,11-15H,1,6-7H2,2-4H3,(H,18,24)/t11-,12-,13-,14-,15-/m1/s1. The van der Waals surface area contributed by atoms with E-state index in [9.17, 15) is 19.2 Å². The molecule has 29 heavy (non-hydrogen) atoms. The van der Waals surface area contributed by atoms with Crippen molar-refractivity contribution in [3.8, 4) is 0 Å². The topological polar surface area (TPSA) is 175 Å². The van der Waals surface area contributed by atoms with Crippen LogP contribution >= 0.6 is 0 Å². The Balaban J connectivity index is 3.28. The number of nitrogens with zero attached hydrogens (tertiary/aromatic N) is 3. The van der Waals surface area contributed by atoms with E-state index in [1.54, 1.807) is 0 Å². The smallest absolute Gasteiger partial charge is 0.407 e. The van der Waals surface area contributed by atoms with Crippen LogP contribution in [0.2, 0.25) is 0 Å². The van der Waals surface area contributed by atoms with E-state index in [0.717, 1.165) is 20.8 Å². The molecule has 1 aliphatic rings. The number of rotatable bonds is 8. The molecule has 5 atom stereocenters. The highest BCUT2D eigenvalue weighted by atomic mass is 16.6. The summed E-state index contributed by atoms with van der Waals surface area (Å²) in [5, 5.41) is 5.80. The number of carbonyl (C=O) groups excluding carboxylic acids is 4. The van der Waals surface area contributed by atoms with Crippen LogP contribution in [0.15, 0.2) is 17.8 Å². The second-order valence-corrected chi connectivity index (χ2v) is 5.78. The fraction of sp³-hybridized carbons (Fsp3) is 0.625. The Morgan fingerprint density at radius 3 is 2.24 bits per heavy atom. The number of amides is 1. The number of hydrogen-bond acceptors (Lipinski definition) is 10. The lowest BCUT2D eigenvalue weighted by molar-refractivity contribution is -0.221. The van der Waals surface area contributed by atoms with E-state index >= 15 is 0 Å². The molecule has 0 spiro atoms. The molecule has 1 rings (SSSR count). The largest absolute Gasteiger partial charge is 0.463 e. The van der Waals surface area contributed by atoms with Gasteiger partial charge in [-0.1, -0.05) is 17.8 Å². The third-order valence-electron chi connectivity index (χ3n) is 3.50. The van der Waals surface area contributed by atoms with Crippen LogP contribution < -0.4 is 5.32 Å². The average Bonchev–Trinajstić information content (AvgIpc) is 2.62. The van der Waals surface area contributed by atoms with Gasteiger partial charge in [-0.05, 0) is 5.53 Å². The summed E-state index contributed by atoms with van der Waals surface area (Å²) in [4.78, 5) is 49.0. The minimum absolute atomic E-state index is 0.119. The van der Waals surface area contributed by atoms with E-state index in [1.165, 1.54) is 6.08 Å². The van der Waals surface area contributed by atoms with Gasteiger partial charge in [0.05, 0.1) is 0 Å². The molecule has 0 radical (unpaired) electrons. The van der Waals surface area contributed by atoms with E-state index in [4.69, 9.17) is 29.2 Å². The first-order chi connectivity index (χ1) is 13.7. The van der Waals surface area contributed by atoms with Gasteiger partial charge in [0.1, 0.15) is 25.4 Å². The minimum atomic E-state index is -1.40. The van der Waals surface area contributed by atoms with Crippen molar-refractivity contribution in [2.24, 2.45) is 5.11 Å². The number of alkyl carbamates (subject to hydrolysis) is 1. The number of ether oxygens (including phenoxy) is 5. The van der Waals surface area contributed by atoms with Crippen molar-refractivity contribution >= 4 is 24.0 Å². The van der Waals surface area contributed by atoms with Crippen LogP contribution in [0.25, 0.3) is 10.4 Å². The van der Waals surface area contributed by atoms with Crippen LogP contribution in [-0.4, -0.2) is 67.8 Å². The Bertz CT molecular complexity index is 692. The van der Waals surface area contributed by atoms with E-state index < -0.39 is 61.2 Å². The molecule has 160 valence electrons. The molecule has 0 saturated carbocycles. The summed E-state index contributed by atoms with van der Waals surface area (Å²) in [5.41, 5.74) is 8.84. The molecule has 0 aromatic heterocycles. The van der Waals surface area contributed by atoms with Gasteiger partial charge in [0.2, 0.25) is 0 Å². The van der Waals surface area contributed by atoms with Crippen LogP contribution in [-0.2, 0) is 38.1 Å². The normalized spacial score (nSPS) is 25.6. The summed E-state index contributed by atoms with van der Waals surface area (Å²) in [6.45, 7) is 6.24. The molecule has 1 fully saturated rings. The number of nitrogens with one attached hydrogen (secondary N) is 1. The summed E-state index contributed by atoms with van der Waals surface area (Å²) >= 11 is 0. The van der Waals surface area contributed by atoms with Crippen molar-refractivity contribution < 1.29 is 42.9 Å². The summed E-state index contributed by atoms with van der Waals surface area (Å²) in [6, 6.07) is -1.27. The van der Waals surface area contributed by atoms with E-state index in [1.807, 2.05) is 0 Å². The molecule has 1 heterocycles. The van der Waals surface area contributed by atoms with E-state index in [0.29, 0.717) is 0 Å². The fourth-order valence-electron chi connectivity index (χ4n) is 2.54. The first-order valence-electron chi connectivity index (χ1n) is 8.41. The van der Waals surface area contributed by atoms with Crippen LogP contribution in [0.4, 0.5) is 4.79 Å². The maximum Gasteiger partial charge on any atom is 0.407 e. The highest BCUT2D eigenvalue weighted by Crippen LogP contribution is 2.28. The summed E-state index contributed by atoms with van der Waals surface area (Å²) < 4.78 is 25.7. The highest BCUT2D eigenvalue weighted by molar-refractivity contribution is 5.69. The van der Waals surface area contributed by atoms with Gasteiger partial charge in [-0.3, -0.25) is 14.4 Å². The Morgan fingerprint density at radius 1 is 1.10 bits per heavy atom. The van der Waals surface area contributed by atoms with Gasteiger partial charge in [-0.15, -0.1) is 0 Å². The minimum Gasteiger partial charge on any atom is -0.463 e. The molecule has 13 nitrogen and oxygen atoms in total. The molecule has 0 aliphatic carbocycles. The predicted octanol–water partition coefficient (Wildman–Crippen LogP) is 0.729. The first kappa shape index (κ1) is 23.7. The predicted molar refractivity (Wildman–Crippen MR) is 94.0 cm³/mol. The first-order valence-corrected chi connectivity index (χ1v) is 8.41. The van der Waals surface area contributed by atoms with Gasteiger partial charge in [0.15, 0.2) is 18.4 Å². The fourth-order valence-corrected chi connectivity index (χ4v) is 2.54. The molecule has 0 aromatic rings. The van der Waals surface area contributed by atoms with Crippen molar-refractivity contribution in [1.82, 2.24) is 5.32 Å². The Morgan fingerprint density at radius 2 is 1.72 bits per heavy atom. The van der Waals surface area contributed by atoms with E-state index in [-0.39, 0.29) is 6.61 Å². The number of esters is 3. The zero-order valence-corrected chi connectivity index (χ0v) is 16.1. The molecule has 1 aliphatic heterocycles. The monoisotopic (exact) mass is 414 g/mol. The molecule has 13 heteroatoms. The summed E-state index contributed by atoms with van der Waals surface area (Å²) in [6.07, 6.45) is -4.79. The van der Waals surface area contributed by atoms with Crippen LogP contribution in [0, 0.1) is 0 Å². The van der Waals surface area contributed by atoms with Crippen molar-refractivity contribution in [1.29, 1.82) is 0 Å². The SMILES string of the molecule is C=CCOC(=O)N[C@@H]1[C@@H](OC(C)=O)[C@H](OC(C)=O)[C@@H](COC(C)=O)O[C@H]1N=[N+]=[N-]. The Kier molecular flexibility index (Phi) is 9.42. The second kappa shape index (κ2) is 11.5. The van der Waals surface area contributed by atoms with Crippen molar-refractivity contribution in [3.63, 3.8) is 0 Å².